The number of rotatable bonds is 12. The van der Waals surface area contributed by atoms with E-state index in [4.69, 9.17) is 9.26 Å². The van der Waals surface area contributed by atoms with Crippen molar-refractivity contribution < 1.29 is 14.1 Å². The van der Waals surface area contributed by atoms with E-state index in [2.05, 4.69) is 34.6 Å². The SMILES string of the molecule is CCOC(=O)CCCCCCNC(=NC)NCc1c(CC)noc1CC.I. The van der Waals surface area contributed by atoms with E-state index in [1.54, 1.807) is 7.05 Å². The number of nitrogens with zero attached hydrogens (tertiary/aromatic N) is 2. The second kappa shape index (κ2) is 15.7. The lowest BCUT2D eigenvalue weighted by atomic mass is 10.1. The molecule has 0 amide bonds. The molecular weight excluding hydrogens is 459 g/mol. The number of aromatic nitrogens is 1. The van der Waals surface area contributed by atoms with E-state index >= 15 is 0 Å². The molecule has 0 aliphatic rings. The summed E-state index contributed by atoms with van der Waals surface area (Å²) in [6.07, 6.45) is 6.25. The highest BCUT2D eigenvalue weighted by atomic mass is 127. The third-order valence-electron chi connectivity index (χ3n) is 4.17. The predicted molar refractivity (Wildman–Crippen MR) is 119 cm³/mol. The van der Waals surface area contributed by atoms with Gasteiger partial charge in [0.05, 0.1) is 12.3 Å². The third-order valence-corrected chi connectivity index (χ3v) is 4.17. The molecule has 0 radical (unpaired) electrons. The van der Waals surface area contributed by atoms with Crippen molar-refractivity contribution in [2.24, 2.45) is 4.99 Å². The molecule has 1 aromatic rings. The molecule has 1 aromatic heterocycles. The van der Waals surface area contributed by atoms with Gasteiger partial charge in [-0.3, -0.25) is 9.79 Å². The second-order valence-electron chi connectivity index (χ2n) is 6.06. The molecule has 1 rings (SSSR count). The van der Waals surface area contributed by atoms with Crippen LogP contribution < -0.4 is 10.6 Å². The van der Waals surface area contributed by atoms with E-state index < -0.39 is 0 Å². The van der Waals surface area contributed by atoms with Crippen LogP contribution in [0.4, 0.5) is 0 Å². The van der Waals surface area contributed by atoms with Gasteiger partial charge < -0.3 is 19.9 Å². The monoisotopic (exact) mass is 494 g/mol. The minimum absolute atomic E-state index is 0. The Morgan fingerprint density at radius 3 is 2.48 bits per heavy atom. The number of carbonyl (C=O) groups is 1. The fraction of sp³-hybridized carbons (Fsp3) is 0.737. The first-order valence-electron chi connectivity index (χ1n) is 9.72. The quantitative estimate of drug-likeness (QED) is 0.152. The van der Waals surface area contributed by atoms with Crippen molar-refractivity contribution in [1.29, 1.82) is 0 Å². The molecule has 0 saturated carbocycles. The lowest BCUT2D eigenvalue weighted by Gasteiger charge is -2.12. The summed E-state index contributed by atoms with van der Waals surface area (Å²) in [5.41, 5.74) is 2.14. The normalized spacial score (nSPS) is 11.0. The maximum Gasteiger partial charge on any atom is 0.305 e. The molecule has 0 aliphatic carbocycles. The molecule has 8 heteroatoms. The molecule has 1 heterocycles. The molecule has 0 saturated heterocycles. The van der Waals surface area contributed by atoms with Crippen LogP contribution in [0, 0.1) is 0 Å². The van der Waals surface area contributed by atoms with Gasteiger partial charge in [-0.2, -0.15) is 0 Å². The number of nitrogens with one attached hydrogen (secondary N) is 2. The Labute approximate surface area is 180 Å². The molecule has 2 N–H and O–H groups in total. The van der Waals surface area contributed by atoms with Crippen molar-refractivity contribution >= 4 is 35.9 Å². The molecule has 0 unspecified atom stereocenters. The number of halogens is 1. The van der Waals surface area contributed by atoms with Gasteiger partial charge in [0.1, 0.15) is 5.76 Å². The first-order chi connectivity index (χ1) is 12.7. The molecule has 0 aliphatic heterocycles. The average molecular weight is 494 g/mol. The number of hydrogen-bond acceptors (Lipinski definition) is 5. The molecule has 0 spiro atoms. The maximum absolute atomic E-state index is 11.3. The topological polar surface area (TPSA) is 88.8 Å². The van der Waals surface area contributed by atoms with Crippen LogP contribution in [-0.2, 0) is 28.9 Å². The Balaban J connectivity index is 0.00000676. The maximum atomic E-state index is 11.3. The van der Waals surface area contributed by atoms with E-state index in [-0.39, 0.29) is 29.9 Å². The number of carbonyl (C=O) groups excluding carboxylic acids is 1. The van der Waals surface area contributed by atoms with Crippen LogP contribution in [0.1, 0.15) is 69.9 Å². The fourth-order valence-corrected chi connectivity index (χ4v) is 2.72. The zero-order valence-corrected chi connectivity index (χ0v) is 19.4. The van der Waals surface area contributed by atoms with Gasteiger partial charge in [-0.05, 0) is 26.2 Å². The molecule has 7 nitrogen and oxygen atoms in total. The smallest absolute Gasteiger partial charge is 0.305 e. The lowest BCUT2D eigenvalue weighted by molar-refractivity contribution is -0.143. The minimum Gasteiger partial charge on any atom is -0.466 e. The van der Waals surface area contributed by atoms with Gasteiger partial charge in [-0.25, -0.2) is 0 Å². The van der Waals surface area contributed by atoms with Crippen LogP contribution in [-0.4, -0.2) is 37.3 Å². The minimum atomic E-state index is -0.0955. The number of hydrogen-bond donors (Lipinski definition) is 2. The summed E-state index contributed by atoms with van der Waals surface area (Å²) < 4.78 is 10.3. The summed E-state index contributed by atoms with van der Waals surface area (Å²) >= 11 is 0. The number of ether oxygens (including phenoxy) is 1. The number of esters is 1. The number of unbranched alkanes of at least 4 members (excludes halogenated alkanes) is 3. The van der Waals surface area contributed by atoms with Crippen LogP contribution in [0.5, 0.6) is 0 Å². The molecular formula is C19H35IN4O3. The van der Waals surface area contributed by atoms with Gasteiger partial charge >= 0.3 is 5.97 Å². The van der Waals surface area contributed by atoms with Gasteiger partial charge in [-0.1, -0.05) is 31.8 Å². The summed E-state index contributed by atoms with van der Waals surface area (Å²) in [6.45, 7) is 7.95. The first kappa shape index (κ1) is 25.7. The predicted octanol–water partition coefficient (Wildman–Crippen LogP) is 3.60. The molecule has 156 valence electrons. The summed E-state index contributed by atoms with van der Waals surface area (Å²) in [7, 11) is 1.77. The van der Waals surface area contributed by atoms with Gasteiger partial charge in [0.15, 0.2) is 5.96 Å². The van der Waals surface area contributed by atoms with Crippen molar-refractivity contribution in [2.75, 3.05) is 20.2 Å². The molecule has 0 aromatic carbocycles. The van der Waals surface area contributed by atoms with Crippen molar-refractivity contribution in [1.82, 2.24) is 15.8 Å². The van der Waals surface area contributed by atoms with E-state index in [0.717, 1.165) is 68.0 Å². The van der Waals surface area contributed by atoms with Crippen molar-refractivity contribution in [3.8, 4) is 0 Å². The zero-order valence-electron chi connectivity index (χ0n) is 17.1. The Morgan fingerprint density at radius 2 is 1.85 bits per heavy atom. The Kier molecular flexibility index (Phi) is 14.9. The third kappa shape index (κ3) is 9.97. The molecule has 0 bridgehead atoms. The van der Waals surface area contributed by atoms with E-state index in [0.29, 0.717) is 19.6 Å². The summed E-state index contributed by atoms with van der Waals surface area (Å²) in [5.74, 6) is 1.62. The highest BCUT2D eigenvalue weighted by molar-refractivity contribution is 14.0. The fourth-order valence-electron chi connectivity index (χ4n) is 2.72. The zero-order chi connectivity index (χ0) is 19.2. The van der Waals surface area contributed by atoms with Gasteiger partial charge in [0, 0.05) is 38.5 Å². The lowest BCUT2D eigenvalue weighted by Crippen LogP contribution is -2.37. The van der Waals surface area contributed by atoms with Crippen molar-refractivity contribution in [2.45, 2.75) is 72.3 Å². The van der Waals surface area contributed by atoms with Gasteiger partial charge in [0.25, 0.3) is 0 Å². The Bertz CT molecular complexity index is 540. The largest absolute Gasteiger partial charge is 0.466 e. The second-order valence-corrected chi connectivity index (χ2v) is 6.06. The van der Waals surface area contributed by atoms with Crippen LogP contribution >= 0.6 is 24.0 Å². The Hall–Kier alpha value is -1.32. The molecule has 0 fully saturated rings. The van der Waals surface area contributed by atoms with E-state index in [1.165, 1.54) is 0 Å². The van der Waals surface area contributed by atoms with Crippen LogP contribution in [0.2, 0.25) is 0 Å². The molecule has 27 heavy (non-hydrogen) atoms. The summed E-state index contributed by atoms with van der Waals surface area (Å²) in [6, 6.07) is 0. The van der Waals surface area contributed by atoms with E-state index in [9.17, 15) is 4.79 Å². The summed E-state index contributed by atoms with van der Waals surface area (Å²) in [4.78, 5) is 15.5. The number of guanidine groups is 1. The van der Waals surface area contributed by atoms with Gasteiger partial charge in [-0.15, -0.1) is 24.0 Å². The van der Waals surface area contributed by atoms with Crippen LogP contribution in [0.15, 0.2) is 9.52 Å². The standard InChI is InChI=1S/C19H34N4O3.HI/c1-5-16-15(17(6-2)26-23-16)14-22-19(20-4)21-13-11-9-8-10-12-18(24)25-7-3;/h5-14H2,1-4H3,(H2,20,21,22);1H. The Morgan fingerprint density at radius 1 is 1.11 bits per heavy atom. The van der Waals surface area contributed by atoms with E-state index in [1.807, 2.05) is 6.92 Å². The highest BCUT2D eigenvalue weighted by Crippen LogP contribution is 2.15. The average Bonchev–Trinajstić information content (AvgIpc) is 3.05. The van der Waals surface area contributed by atoms with Crippen molar-refractivity contribution in [3.63, 3.8) is 0 Å². The van der Waals surface area contributed by atoms with Crippen LogP contribution in [0.25, 0.3) is 0 Å². The summed E-state index contributed by atoms with van der Waals surface area (Å²) in [5, 5.41) is 10.8. The number of aliphatic imine (C=N–C) groups is 1. The first-order valence-corrected chi connectivity index (χ1v) is 9.72. The highest BCUT2D eigenvalue weighted by Gasteiger charge is 2.13. The van der Waals surface area contributed by atoms with Crippen LogP contribution in [0.3, 0.4) is 0 Å². The number of aryl methyl sites for hydroxylation is 2. The van der Waals surface area contributed by atoms with Gasteiger partial charge in [0.2, 0.25) is 0 Å². The molecule has 0 atom stereocenters. The van der Waals surface area contributed by atoms with Crippen molar-refractivity contribution in [3.05, 3.63) is 17.0 Å².